The molecule has 4 rings (SSSR count). The topological polar surface area (TPSA) is 67.2 Å². The summed E-state index contributed by atoms with van der Waals surface area (Å²) in [7, 11) is 3.38. The van der Waals surface area contributed by atoms with Crippen LogP contribution in [0.4, 0.5) is 4.79 Å². The number of hydrogen-bond donors (Lipinski definition) is 1. The summed E-state index contributed by atoms with van der Waals surface area (Å²) < 4.78 is 1.52. The second-order valence-corrected chi connectivity index (χ2v) is 7.39. The van der Waals surface area contributed by atoms with E-state index in [1.165, 1.54) is 21.2 Å². The molecule has 1 N–H and O–H groups in total. The molecule has 6 nitrogen and oxygen atoms in total. The first-order valence-electron chi connectivity index (χ1n) is 8.45. The molecule has 0 radical (unpaired) electrons. The highest BCUT2D eigenvalue weighted by atomic mass is 32.2. The molecule has 3 aromatic rings. The normalized spacial score (nSPS) is 16.1. The molecular weight excluding hydrogens is 360 g/mol. The molecule has 0 bridgehead atoms. The number of rotatable bonds is 3. The van der Waals surface area contributed by atoms with Gasteiger partial charge < -0.3 is 10.2 Å². The zero-order valence-electron chi connectivity index (χ0n) is 14.9. The average molecular weight is 378 g/mol. The summed E-state index contributed by atoms with van der Waals surface area (Å²) in [5.41, 5.74) is 2.75. The van der Waals surface area contributed by atoms with Crippen LogP contribution in [0, 0.1) is 0 Å². The van der Waals surface area contributed by atoms with Crippen LogP contribution in [0.25, 0.3) is 10.9 Å². The van der Waals surface area contributed by atoms with Crippen LogP contribution in [0.2, 0.25) is 0 Å². The molecule has 7 heteroatoms. The Bertz CT molecular complexity index is 1060. The number of pyridine rings is 1. The molecule has 1 aromatic carbocycles. The predicted octanol–water partition coefficient (Wildman–Crippen LogP) is 3.63. The molecule has 0 fully saturated rings. The second-order valence-electron chi connectivity index (χ2n) is 6.41. The van der Waals surface area contributed by atoms with Crippen molar-refractivity contribution in [2.45, 2.75) is 5.37 Å². The van der Waals surface area contributed by atoms with Crippen LogP contribution < -0.4 is 5.32 Å². The largest absolute Gasteiger partial charge is 0.366 e. The Kier molecular flexibility index (Phi) is 4.45. The van der Waals surface area contributed by atoms with Crippen LogP contribution >= 0.6 is 11.8 Å². The fourth-order valence-corrected chi connectivity index (χ4v) is 3.98. The van der Waals surface area contributed by atoms with Gasteiger partial charge in [-0.25, -0.2) is 4.79 Å². The molecule has 0 aliphatic carbocycles. The van der Waals surface area contributed by atoms with E-state index in [-0.39, 0.29) is 17.2 Å². The second kappa shape index (κ2) is 6.92. The molecule has 1 unspecified atom stereocenters. The van der Waals surface area contributed by atoms with Gasteiger partial charge in [0.2, 0.25) is 5.78 Å². The number of Topliss-reactive ketones (excluding diaryl/α,β-unsaturated/α-hetero) is 1. The molecule has 0 spiro atoms. The Morgan fingerprint density at radius 3 is 2.74 bits per heavy atom. The first-order chi connectivity index (χ1) is 13.1. The van der Waals surface area contributed by atoms with E-state index in [1.807, 2.05) is 41.8 Å². The number of benzene rings is 1. The van der Waals surface area contributed by atoms with Gasteiger partial charge in [0.25, 0.3) is 0 Å². The van der Waals surface area contributed by atoms with Gasteiger partial charge in [-0.05, 0) is 12.1 Å². The van der Waals surface area contributed by atoms with Crippen LogP contribution in [0.1, 0.15) is 21.3 Å². The van der Waals surface area contributed by atoms with Crippen molar-refractivity contribution in [2.24, 2.45) is 0 Å². The van der Waals surface area contributed by atoms with E-state index in [9.17, 15) is 9.59 Å². The minimum Gasteiger partial charge on any atom is -0.366 e. The van der Waals surface area contributed by atoms with Crippen molar-refractivity contribution in [2.75, 3.05) is 14.1 Å². The smallest absolute Gasteiger partial charge is 0.328 e. The van der Waals surface area contributed by atoms with E-state index in [1.54, 1.807) is 32.7 Å². The Hall–Kier alpha value is -3.06. The highest BCUT2D eigenvalue weighted by Gasteiger charge is 2.27. The number of para-hydroxylation sites is 1. The Morgan fingerprint density at radius 2 is 2.00 bits per heavy atom. The number of carbonyl (C=O) groups excluding carboxylic acids is 2. The van der Waals surface area contributed by atoms with Crippen molar-refractivity contribution in [1.82, 2.24) is 19.8 Å². The zero-order valence-corrected chi connectivity index (χ0v) is 15.7. The number of thioether (sulfide) groups is 1. The minimum absolute atomic E-state index is 0.0468. The van der Waals surface area contributed by atoms with E-state index >= 15 is 0 Å². The van der Waals surface area contributed by atoms with E-state index in [0.29, 0.717) is 11.3 Å². The lowest BCUT2D eigenvalue weighted by Crippen LogP contribution is -2.26. The highest BCUT2D eigenvalue weighted by molar-refractivity contribution is 8.02. The SMILES string of the molecule is CN(C)C(=O)n1cc(C(=O)C2=CSC(c3cccnc3)N2)c2ccccc21. The lowest BCUT2D eigenvalue weighted by molar-refractivity contribution is 0.102. The minimum atomic E-state index is -0.193. The van der Waals surface area contributed by atoms with Crippen LogP contribution in [0.15, 0.2) is 66.1 Å². The summed E-state index contributed by atoms with van der Waals surface area (Å²) in [4.78, 5) is 31.3. The van der Waals surface area contributed by atoms with Gasteiger partial charge in [-0.3, -0.25) is 14.3 Å². The molecule has 3 heterocycles. The van der Waals surface area contributed by atoms with Gasteiger partial charge in [0.1, 0.15) is 5.37 Å². The van der Waals surface area contributed by atoms with Crippen molar-refractivity contribution >= 4 is 34.5 Å². The van der Waals surface area contributed by atoms with E-state index < -0.39 is 0 Å². The van der Waals surface area contributed by atoms with Gasteiger partial charge in [-0.1, -0.05) is 24.3 Å². The highest BCUT2D eigenvalue weighted by Crippen LogP contribution is 2.35. The maximum Gasteiger partial charge on any atom is 0.328 e. The van der Waals surface area contributed by atoms with Crippen molar-refractivity contribution in [3.05, 3.63) is 77.2 Å². The molecule has 1 aliphatic rings. The van der Waals surface area contributed by atoms with Gasteiger partial charge in [-0.2, -0.15) is 0 Å². The number of nitrogens with zero attached hydrogens (tertiary/aromatic N) is 3. The first kappa shape index (κ1) is 17.4. The summed E-state index contributed by atoms with van der Waals surface area (Å²) >= 11 is 1.53. The standard InChI is InChI=1S/C20H18N4O2S/c1-23(2)20(26)24-11-15(14-7-3-4-8-17(14)24)18(25)16-12-27-19(22-16)13-6-5-9-21-10-13/h3-12,19,22H,1-2H3. The fourth-order valence-electron chi connectivity index (χ4n) is 3.04. The van der Waals surface area contributed by atoms with Gasteiger partial charge in [-0.15, -0.1) is 11.8 Å². The number of amides is 1. The number of nitrogens with one attached hydrogen (secondary N) is 1. The number of ketones is 1. The Balaban J connectivity index is 1.67. The quantitative estimate of drug-likeness (QED) is 0.705. The summed E-state index contributed by atoms with van der Waals surface area (Å²) in [6.45, 7) is 0. The molecule has 1 atom stereocenters. The van der Waals surface area contributed by atoms with Gasteiger partial charge >= 0.3 is 6.03 Å². The summed E-state index contributed by atoms with van der Waals surface area (Å²) in [5, 5.41) is 5.81. The number of allylic oxidation sites excluding steroid dienone is 1. The number of aromatic nitrogens is 2. The van der Waals surface area contributed by atoms with Crippen LogP contribution in [-0.2, 0) is 0 Å². The molecule has 0 saturated heterocycles. The third-order valence-corrected chi connectivity index (χ3v) is 5.42. The van der Waals surface area contributed by atoms with Crippen LogP contribution in [0.5, 0.6) is 0 Å². The molecular formula is C20H18N4O2S. The Labute approximate surface area is 160 Å². The summed E-state index contributed by atoms with van der Waals surface area (Å²) in [6.07, 6.45) is 5.13. The van der Waals surface area contributed by atoms with E-state index in [0.717, 1.165) is 16.5 Å². The predicted molar refractivity (Wildman–Crippen MR) is 107 cm³/mol. The van der Waals surface area contributed by atoms with Crippen molar-refractivity contribution in [3.63, 3.8) is 0 Å². The summed E-state index contributed by atoms with van der Waals surface area (Å²) in [5.74, 6) is -0.129. The van der Waals surface area contributed by atoms with E-state index in [4.69, 9.17) is 0 Å². The van der Waals surface area contributed by atoms with Gasteiger partial charge in [0.05, 0.1) is 16.8 Å². The maximum absolute atomic E-state index is 13.1. The van der Waals surface area contributed by atoms with Crippen LogP contribution in [0.3, 0.4) is 0 Å². The van der Waals surface area contributed by atoms with Gasteiger partial charge in [0.15, 0.2) is 0 Å². The molecule has 136 valence electrons. The third kappa shape index (κ3) is 3.10. The Morgan fingerprint density at radius 1 is 1.19 bits per heavy atom. The third-order valence-electron chi connectivity index (χ3n) is 4.39. The maximum atomic E-state index is 13.1. The fraction of sp³-hybridized carbons (Fsp3) is 0.150. The van der Waals surface area contributed by atoms with Crippen molar-refractivity contribution in [1.29, 1.82) is 0 Å². The zero-order chi connectivity index (χ0) is 19.0. The first-order valence-corrected chi connectivity index (χ1v) is 9.39. The number of hydrogen-bond acceptors (Lipinski definition) is 5. The molecule has 2 aromatic heterocycles. The molecule has 27 heavy (non-hydrogen) atoms. The molecule has 1 amide bonds. The van der Waals surface area contributed by atoms with E-state index in [2.05, 4.69) is 10.3 Å². The molecule has 1 aliphatic heterocycles. The lowest BCUT2D eigenvalue weighted by Gasteiger charge is -2.12. The summed E-state index contributed by atoms with van der Waals surface area (Å²) in [6, 6.07) is 11.1. The van der Waals surface area contributed by atoms with Gasteiger partial charge in [0, 0.05) is 49.0 Å². The van der Waals surface area contributed by atoms with Crippen molar-refractivity contribution < 1.29 is 9.59 Å². The monoisotopic (exact) mass is 378 g/mol. The van der Waals surface area contributed by atoms with Crippen molar-refractivity contribution in [3.8, 4) is 0 Å². The number of carbonyl (C=O) groups is 2. The lowest BCUT2D eigenvalue weighted by atomic mass is 10.1. The molecule has 0 saturated carbocycles. The average Bonchev–Trinajstić information content (AvgIpc) is 3.33. The number of fused-ring (bicyclic) bond motifs is 1. The van der Waals surface area contributed by atoms with Crippen LogP contribution in [-0.4, -0.2) is 40.4 Å².